The van der Waals surface area contributed by atoms with E-state index < -0.39 is 34.6 Å². The lowest BCUT2D eigenvalue weighted by Crippen LogP contribution is -2.56. The smallest absolute Gasteiger partial charge is 0.417 e. The molecular weight excluding hydrogens is 527 g/mol. The highest BCUT2D eigenvalue weighted by molar-refractivity contribution is 6.35. The summed E-state index contributed by atoms with van der Waals surface area (Å²) in [6, 6.07) is 5.15. The first-order valence-electron chi connectivity index (χ1n) is 11.8. The number of nitrogens with two attached hydrogens (primary N) is 1. The van der Waals surface area contributed by atoms with Gasteiger partial charge in [0.2, 0.25) is 11.8 Å². The Kier molecular flexibility index (Phi) is 7.57. The molecule has 204 valence electrons. The number of halogens is 4. The largest absolute Gasteiger partial charge is 0.480 e. The molecule has 0 saturated carbocycles. The third-order valence-corrected chi connectivity index (χ3v) is 7.07. The molecule has 3 heterocycles. The Labute approximate surface area is 222 Å². The van der Waals surface area contributed by atoms with Gasteiger partial charge in [0.05, 0.1) is 41.4 Å². The Morgan fingerprint density at radius 1 is 1.34 bits per heavy atom. The maximum atomic E-state index is 13.6. The number of hydrogen-bond donors (Lipinski definition) is 2. The molecule has 2 amide bonds. The Morgan fingerprint density at radius 3 is 2.71 bits per heavy atom. The van der Waals surface area contributed by atoms with Crippen molar-refractivity contribution in [3.05, 3.63) is 52.2 Å². The van der Waals surface area contributed by atoms with Gasteiger partial charge in [-0.2, -0.15) is 13.2 Å². The van der Waals surface area contributed by atoms with Crippen LogP contribution >= 0.6 is 11.6 Å². The summed E-state index contributed by atoms with van der Waals surface area (Å²) in [5.41, 5.74) is 3.50. The van der Waals surface area contributed by atoms with Crippen LogP contribution in [0.15, 0.2) is 35.5 Å². The second-order valence-electron chi connectivity index (χ2n) is 9.41. The molecule has 38 heavy (non-hydrogen) atoms. The summed E-state index contributed by atoms with van der Waals surface area (Å²) in [7, 11) is 1.11. The van der Waals surface area contributed by atoms with Crippen molar-refractivity contribution < 1.29 is 32.2 Å². The highest BCUT2D eigenvalue weighted by Gasteiger charge is 2.43. The summed E-state index contributed by atoms with van der Waals surface area (Å²) in [5, 5.41) is 2.43. The molecule has 1 fully saturated rings. The van der Waals surface area contributed by atoms with Gasteiger partial charge < -0.3 is 20.5 Å². The van der Waals surface area contributed by atoms with E-state index in [0.717, 1.165) is 13.3 Å². The first-order valence-corrected chi connectivity index (χ1v) is 12.2. The molecule has 2 aromatic rings. The molecule has 9 nitrogen and oxygen atoms in total. The van der Waals surface area contributed by atoms with Crippen LogP contribution in [0.25, 0.3) is 0 Å². The average molecular weight is 554 g/mol. The van der Waals surface area contributed by atoms with Gasteiger partial charge >= 0.3 is 6.18 Å². The molecule has 1 aromatic heterocycles. The van der Waals surface area contributed by atoms with E-state index >= 15 is 0 Å². The number of amides is 2. The predicted octanol–water partition coefficient (Wildman–Crippen LogP) is 4.34. The Hall–Kier alpha value is -3.38. The second kappa shape index (κ2) is 10.4. The number of pyridine rings is 1. The topological polar surface area (TPSA) is 119 Å². The van der Waals surface area contributed by atoms with Crippen LogP contribution in [0.1, 0.15) is 54.6 Å². The van der Waals surface area contributed by atoms with Crippen molar-refractivity contribution in [2.75, 3.05) is 19.0 Å². The normalized spacial score (nSPS) is 24.1. The number of hydrogen-bond acceptors (Lipinski definition) is 7. The minimum absolute atomic E-state index is 0.0113. The first-order chi connectivity index (χ1) is 17.9. The number of aliphatic imine (C=N–C) groups is 1. The standard InChI is InChI=1S/C25H27ClF3N5O4/c1-13-11-14(8-10-38-13)34-18(35)12-24(2,33-23(34)30)16-5-4-6-17(20(16)26)32-21(36)19-15(25(27,28)29)7-9-31-22(19)37-3/h4-7,9,13-14H,8,10-12H2,1-3H3,(H2,30,33)(H,32,36)/t13-,14-,24+/m1/s1. The lowest BCUT2D eigenvalue weighted by Gasteiger charge is -2.41. The van der Waals surface area contributed by atoms with Crippen LogP contribution in [0, 0.1) is 0 Å². The Balaban J connectivity index is 1.66. The molecule has 0 spiro atoms. The minimum atomic E-state index is -4.83. The molecule has 3 N–H and O–H groups in total. The summed E-state index contributed by atoms with van der Waals surface area (Å²) >= 11 is 6.63. The van der Waals surface area contributed by atoms with E-state index in [9.17, 15) is 22.8 Å². The molecule has 2 aliphatic heterocycles. The van der Waals surface area contributed by atoms with Gasteiger partial charge in [0.15, 0.2) is 5.96 Å². The van der Waals surface area contributed by atoms with Gasteiger partial charge in [-0.3, -0.25) is 14.5 Å². The number of carbonyl (C=O) groups excluding carboxylic acids is 2. The molecule has 4 rings (SSSR count). The van der Waals surface area contributed by atoms with Crippen molar-refractivity contribution in [1.82, 2.24) is 9.88 Å². The van der Waals surface area contributed by atoms with Crippen LogP contribution in [0.2, 0.25) is 5.02 Å². The van der Waals surface area contributed by atoms with E-state index in [0.29, 0.717) is 31.1 Å². The Morgan fingerprint density at radius 2 is 2.08 bits per heavy atom. The lowest BCUT2D eigenvalue weighted by molar-refractivity contribution is -0.138. The highest BCUT2D eigenvalue weighted by Crippen LogP contribution is 2.42. The van der Waals surface area contributed by atoms with E-state index in [4.69, 9.17) is 26.8 Å². The van der Waals surface area contributed by atoms with Gasteiger partial charge in [-0.1, -0.05) is 23.7 Å². The number of nitrogens with zero attached hydrogens (tertiary/aromatic N) is 3. The van der Waals surface area contributed by atoms with Crippen molar-refractivity contribution >= 4 is 35.1 Å². The number of guanidine groups is 1. The van der Waals surface area contributed by atoms with E-state index in [1.54, 1.807) is 19.1 Å². The highest BCUT2D eigenvalue weighted by atomic mass is 35.5. The van der Waals surface area contributed by atoms with Crippen LogP contribution in [0.4, 0.5) is 18.9 Å². The number of methoxy groups -OCH3 is 1. The van der Waals surface area contributed by atoms with Crippen molar-refractivity contribution in [3.63, 3.8) is 0 Å². The van der Waals surface area contributed by atoms with Gasteiger partial charge in [-0.15, -0.1) is 0 Å². The molecule has 2 aliphatic rings. The van der Waals surface area contributed by atoms with E-state index in [1.165, 1.54) is 11.0 Å². The number of anilines is 1. The summed E-state index contributed by atoms with van der Waals surface area (Å²) in [6.45, 7) is 4.11. The number of carbonyl (C=O) groups is 2. The maximum absolute atomic E-state index is 13.6. The predicted molar refractivity (Wildman–Crippen MR) is 134 cm³/mol. The summed E-state index contributed by atoms with van der Waals surface area (Å²) < 4.78 is 51.3. The molecule has 3 atom stereocenters. The zero-order valence-electron chi connectivity index (χ0n) is 20.9. The zero-order valence-corrected chi connectivity index (χ0v) is 21.7. The van der Waals surface area contributed by atoms with Crippen LogP contribution in [0.5, 0.6) is 5.88 Å². The third-order valence-electron chi connectivity index (χ3n) is 6.66. The first kappa shape index (κ1) is 27.6. The number of rotatable bonds is 5. The van der Waals surface area contributed by atoms with Crippen molar-refractivity contribution in [1.29, 1.82) is 0 Å². The van der Waals surface area contributed by atoms with Gasteiger partial charge in [-0.25, -0.2) is 9.98 Å². The SMILES string of the molecule is COc1nccc(C(F)(F)F)c1C(=O)Nc1cccc([C@]2(C)CC(=O)N([C@@H]3CCO[C@H](C)C3)C(N)=N2)c1Cl. The fourth-order valence-electron chi connectivity index (χ4n) is 4.89. The second-order valence-corrected chi connectivity index (χ2v) is 9.78. The number of nitrogens with one attached hydrogen (secondary N) is 1. The molecule has 0 bridgehead atoms. The van der Waals surface area contributed by atoms with Crippen LogP contribution in [0.3, 0.4) is 0 Å². The van der Waals surface area contributed by atoms with Crippen molar-refractivity contribution in [3.8, 4) is 5.88 Å². The fraction of sp³-hybridized carbons (Fsp3) is 0.440. The van der Waals surface area contributed by atoms with E-state index in [-0.39, 0.29) is 41.1 Å². The van der Waals surface area contributed by atoms with Gasteiger partial charge in [0.1, 0.15) is 5.56 Å². The molecule has 0 aliphatic carbocycles. The quantitative estimate of drug-likeness (QED) is 0.568. The molecule has 1 aromatic carbocycles. The van der Waals surface area contributed by atoms with Gasteiger partial charge in [0.25, 0.3) is 5.91 Å². The van der Waals surface area contributed by atoms with E-state index in [2.05, 4.69) is 15.3 Å². The average Bonchev–Trinajstić information content (AvgIpc) is 2.83. The maximum Gasteiger partial charge on any atom is 0.417 e. The van der Waals surface area contributed by atoms with Crippen molar-refractivity contribution in [2.45, 2.75) is 57.0 Å². The molecule has 0 unspecified atom stereocenters. The number of alkyl halides is 3. The molecular formula is C25H27ClF3N5O4. The van der Waals surface area contributed by atoms with Gasteiger partial charge in [0, 0.05) is 24.4 Å². The monoisotopic (exact) mass is 553 g/mol. The number of aromatic nitrogens is 1. The molecule has 1 saturated heterocycles. The third kappa shape index (κ3) is 5.28. The van der Waals surface area contributed by atoms with Crippen LogP contribution in [-0.2, 0) is 21.2 Å². The van der Waals surface area contributed by atoms with Gasteiger partial charge in [-0.05, 0) is 38.8 Å². The number of ether oxygens (including phenoxy) is 2. The Bertz CT molecular complexity index is 1290. The number of benzene rings is 1. The molecule has 13 heteroatoms. The minimum Gasteiger partial charge on any atom is -0.480 e. The fourth-order valence-corrected chi connectivity index (χ4v) is 5.27. The zero-order chi connectivity index (χ0) is 27.8. The van der Waals surface area contributed by atoms with Crippen LogP contribution in [-0.4, -0.2) is 53.5 Å². The summed E-state index contributed by atoms with van der Waals surface area (Å²) in [5.74, 6) is -1.80. The lowest BCUT2D eigenvalue weighted by atomic mass is 9.86. The van der Waals surface area contributed by atoms with E-state index in [1.807, 2.05) is 6.92 Å². The van der Waals surface area contributed by atoms with Crippen LogP contribution < -0.4 is 15.8 Å². The molecule has 0 radical (unpaired) electrons. The van der Waals surface area contributed by atoms with Crippen molar-refractivity contribution in [2.24, 2.45) is 10.7 Å². The summed E-state index contributed by atoms with van der Waals surface area (Å²) in [6.07, 6.45) is -2.74. The summed E-state index contributed by atoms with van der Waals surface area (Å²) in [4.78, 5) is 36.1.